The molecule has 2 aromatic carbocycles. The Hall–Kier alpha value is -2.24. The molecule has 1 fully saturated rings. The van der Waals surface area contributed by atoms with Crippen LogP contribution in [-0.4, -0.2) is 38.4 Å². The Morgan fingerprint density at radius 1 is 1.07 bits per heavy atom. The fourth-order valence-electron chi connectivity index (χ4n) is 3.58. The van der Waals surface area contributed by atoms with Crippen LogP contribution in [-0.2, 0) is 14.9 Å². The van der Waals surface area contributed by atoms with Crippen molar-refractivity contribution in [1.82, 2.24) is 5.32 Å². The molecule has 29 heavy (non-hydrogen) atoms. The van der Waals surface area contributed by atoms with Gasteiger partial charge in [0.05, 0.1) is 7.11 Å². The lowest BCUT2D eigenvalue weighted by Gasteiger charge is -2.39. The van der Waals surface area contributed by atoms with Gasteiger partial charge < -0.3 is 19.5 Å². The highest BCUT2D eigenvalue weighted by Crippen LogP contribution is 2.35. The fourth-order valence-corrected chi connectivity index (χ4v) is 3.71. The number of halogens is 1. The number of methoxy groups -OCH3 is 1. The number of ether oxygens (including phenoxy) is 3. The zero-order valence-electron chi connectivity index (χ0n) is 17.2. The molecule has 0 saturated carbocycles. The van der Waals surface area contributed by atoms with E-state index >= 15 is 0 Å². The first kappa shape index (κ1) is 21.5. The van der Waals surface area contributed by atoms with E-state index in [-0.39, 0.29) is 11.3 Å². The lowest BCUT2D eigenvalue weighted by molar-refractivity contribution is -0.134. The number of hydrogen-bond acceptors (Lipinski definition) is 4. The molecular weight excluding hydrogens is 390 g/mol. The molecule has 2 aromatic rings. The summed E-state index contributed by atoms with van der Waals surface area (Å²) in [6.45, 7) is 5.40. The molecule has 0 bridgehead atoms. The van der Waals surface area contributed by atoms with Gasteiger partial charge in [0.15, 0.2) is 5.60 Å². The van der Waals surface area contributed by atoms with Crippen LogP contribution in [0.25, 0.3) is 0 Å². The van der Waals surface area contributed by atoms with Crippen LogP contribution in [0.15, 0.2) is 48.5 Å². The van der Waals surface area contributed by atoms with E-state index in [1.807, 2.05) is 12.1 Å². The highest BCUT2D eigenvalue weighted by molar-refractivity contribution is 6.30. The molecule has 1 N–H and O–H groups in total. The van der Waals surface area contributed by atoms with Gasteiger partial charge >= 0.3 is 0 Å². The Morgan fingerprint density at radius 3 is 2.24 bits per heavy atom. The lowest BCUT2D eigenvalue weighted by Crippen LogP contribution is -2.52. The van der Waals surface area contributed by atoms with Crippen molar-refractivity contribution >= 4 is 17.5 Å². The molecular formula is C23H28ClNO4. The molecule has 0 atom stereocenters. The van der Waals surface area contributed by atoms with Crippen molar-refractivity contribution in [3.8, 4) is 11.5 Å². The summed E-state index contributed by atoms with van der Waals surface area (Å²) in [7, 11) is 1.65. The SMILES string of the molecule is COc1ccc(C2(CNC(=O)C(C)(C)Oc3ccc(Cl)cc3)CCOCC2)cc1. The first-order valence-electron chi connectivity index (χ1n) is 9.80. The summed E-state index contributed by atoms with van der Waals surface area (Å²) in [5, 5.41) is 3.74. The zero-order chi connectivity index (χ0) is 20.9. The van der Waals surface area contributed by atoms with Crippen molar-refractivity contribution < 1.29 is 19.0 Å². The predicted molar refractivity (Wildman–Crippen MR) is 114 cm³/mol. The van der Waals surface area contributed by atoms with E-state index in [1.165, 1.54) is 5.56 Å². The average Bonchev–Trinajstić information content (AvgIpc) is 2.74. The monoisotopic (exact) mass is 417 g/mol. The fraction of sp³-hybridized carbons (Fsp3) is 0.435. The number of carbonyl (C=O) groups excluding carboxylic acids is 1. The second kappa shape index (κ2) is 9.06. The van der Waals surface area contributed by atoms with Crippen LogP contribution in [0.2, 0.25) is 5.02 Å². The molecule has 1 amide bonds. The summed E-state index contributed by atoms with van der Waals surface area (Å²) in [5.74, 6) is 1.26. The Bertz CT molecular complexity index is 812. The lowest BCUT2D eigenvalue weighted by atomic mass is 9.74. The highest BCUT2D eigenvalue weighted by Gasteiger charge is 2.37. The molecule has 0 spiro atoms. The van der Waals surface area contributed by atoms with E-state index in [2.05, 4.69) is 17.4 Å². The minimum absolute atomic E-state index is 0.160. The van der Waals surface area contributed by atoms with Gasteiger partial charge in [-0.1, -0.05) is 23.7 Å². The summed E-state index contributed by atoms with van der Waals surface area (Å²) < 4.78 is 16.8. The van der Waals surface area contributed by atoms with Gasteiger partial charge in [-0.05, 0) is 68.7 Å². The summed E-state index contributed by atoms with van der Waals surface area (Å²) in [4.78, 5) is 12.9. The van der Waals surface area contributed by atoms with Gasteiger partial charge in [-0.25, -0.2) is 0 Å². The summed E-state index contributed by atoms with van der Waals surface area (Å²) in [6.07, 6.45) is 1.69. The quantitative estimate of drug-likeness (QED) is 0.726. The molecule has 0 radical (unpaired) electrons. The van der Waals surface area contributed by atoms with Crippen LogP contribution in [0, 0.1) is 0 Å². The van der Waals surface area contributed by atoms with E-state index < -0.39 is 5.60 Å². The number of hydrogen-bond donors (Lipinski definition) is 1. The van der Waals surface area contributed by atoms with Gasteiger partial charge in [-0.2, -0.15) is 0 Å². The second-order valence-corrected chi connectivity index (χ2v) is 8.31. The molecule has 156 valence electrons. The third kappa shape index (κ3) is 5.22. The second-order valence-electron chi connectivity index (χ2n) is 7.87. The van der Waals surface area contributed by atoms with Crippen molar-refractivity contribution in [1.29, 1.82) is 0 Å². The topological polar surface area (TPSA) is 56.8 Å². The molecule has 0 aromatic heterocycles. The van der Waals surface area contributed by atoms with Crippen molar-refractivity contribution in [2.45, 2.75) is 37.7 Å². The Morgan fingerprint density at radius 2 is 1.66 bits per heavy atom. The molecule has 6 heteroatoms. The largest absolute Gasteiger partial charge is 0.497 e. The number of benzene rings is 2. The van der Waals surface area contributed by atoms with Gasteiger partial charge in [0, 0.05) is 30.2 Å². The molecule has 1 saturated heterocycles. The molecule has 1 heterocycles. The standard InChI is InChI=1S/C23H28ClNO4/c1-22(2,29-20-10-6-18(24)7-11-20)21(26)25-16-23(12-14-28-15-13-23)17-4-8-19(27-3)9-5-17/h4-11H,12-16H2,1-3H3,(H,25,26). The van der Waals surface area contributed by atoms with E-state index in [0.29, 0.717) is 30.5 Å². The molecule has 1 aliphatic heterocycles. The van der Waals surface area contributed by atoms with E-state index in [4.69, 9.17) is 25.8 Å². The first-order chi connectivity index (χ1) is 13.8. The Labute approximate surface area is 177 Å². The number of rotatable bonds is 7. The normalized spacial score (nSPS) is 16.1. The molecule has 3 rings (SSSR count). The summed E-state index contributed by atoms with van der Waals surface area (Å²) >= 11 is 5.92. The van der Waals surface area contributed by atoms with Crippen LogP contribution in [0.3, 0.4) is 0 Å². The van der Waals surface area contributed by atoms with Crippen molar-refractivity contribution in [3.05, 3.63) is 59.1 Å². The van der Waals surface area contributed by atoms with Crippen molar-refractivity contribution in [2.75, 3.05) is 26.9 Å². The summed E-state index contributed by atoms with van der Waals surface area (Å²) in [6, 6.07) is 15.1. The smallest absolute Gasteiger partial charge is 0.263 e. The van der Waals surface area contributed by atoms with Crippen LogP contribution in [0.1, 0.15) is 32.3 Å². The van der Waals surface area contributed by atoms with Gasteiger partial charge in [0.1, 0.15) is 11.5 Å². The Kier molecular flexibility index (Phi) is 6.70. The molecule has 0 unspecified atom stereocenters. The Balaban J connectivity index is 1.71. The number of amides is 1. The average molecular weight is 418 g/mol. The molecule has 5 nitrogen and oxygen atoms in total. The van der Waals surface area contributed by atoms with Crippen LogP contribution >= 0.6 is 11.6 Å². The summed E-state index contributed by atoms with van der Waals surface area (Å²) in [5.41, 5.74) is -0.00490. The van der Waals surface area contributed by atoms with Crippen LogP contribution < -0.4 is 14.8 Å². The highest BCUT2D eigenvalue weighted by atomic mass is 35.5. The van der Waals surface area contributed by atoms with Crippen LogP contribution in [0.4, 0.5) is 0 Å². The van der Waals surface area contributed by atoms with Crippen LogP contribution in [0.5, 0.6) is 11.5 Å². The van der Waals surface area contributed by atoms with Gasteiger partial charge in [0.25, 0.3) is 5.91 Å². The third-order valence-electron chi connectivity index (χ3n) is 5.47. The minimum atomic E-state index is -1.01. The number of nitrogens with one attached hydrogen (secondary N) is 1. The van der Waals surface area contributed by atoms with Gasteiger partial charge in [-0.15, -0.1) is 0 Å². The number of carbonyl (C=O) groups is 1. The maximum Gasteiger partial charge on any atom is 0.263 e. The maximum absolute atomic E-state index is 12.9. The minimum Gasteiger partial charge on any atom is -0.497 e. The maximum atomic E-state index is 12.9. The first-order valence-corrected chi connectivity index (χ1v) is 10.2. The van der Waals surface area contributed by atoms with Gasteiger partial charge in [0.2, 0.25) is 0 Å². The third-order valence-corrected chi connectivity index (χ3v) is 5.73. The molecule has 0 aliphatic carbocycles. The zero-order valence-corrected chi connectivity index (χ0v) is 17.9. The van der Waals surface area contributed by atoms with Crippen molar-refractivity contribution in [2.24, 2.45) is 0 Å². The van der Waals surface area contributed by atoms with Crippen molar-refractivity contribution in [3.63, 3.8) is 0 Å². The molecule has 1 aliphatic rings. The predicted octanol–water partition coefficient (Wildman–Crippen LogP) is 4.37. The van der Waals surface area contributed by atoms with E-state index in [1.54, 1.807) is 45.2 Å². The van der Waals surface area contributed by atoms with E-state index in [9.17, 15) is 4.79 Å². The van der Waals surface area contributed by atoms with Gasteiger partial charge in [-0.3, -0.25) is 4.79 Å². The van der Waals surface area contributed by atoms with E-state index in [0.717, 1.165) is 18.6 Å².